The fourth-order valence-corrected chi connectivity index (χ4v) is 6.05. The van der Waals surface area contributed by atoms with Crippen molar-refractivity contribution >= 4 is 11.3 Å². The minimum Gasteiger partial charge on any atom is -0.310 e. The van der Waals surface area contributed by atoms with Crippen LogP contribution in [-0.4, -0.2) is 31.2 Å². The Bertz CT molecular complexity index is 1320. The summed E-state index contributed by atoms with van der Waals surface area (Å²) in [6.45, 7) is 2.28. The largest absolute Gasteiger partial charge is 0.310 e. The second-order valence-electron chi connectivity index (χ2n) is 9.43. The van der Waals surface area contributed by atoms with E-state index in [0.717, 1.165) is 60.8 Å². The predicted octanol–water partition coefficient (Wildman–Crippen LogP) is 5.29. The van der Waals surface area contributed by atoms with Crippen molar-refractivity contribution in [2.45, 2.75) is 57.5 Å². The van der Waals surface area contributed by atoms with Gasteiger partial charge in [0.05, 0.1) is 21.8 Å². The van der Waals surface area contributed by atoms with Crippen LogP contribution >= 0.6 is 11.3 Å². The number of benzene rings is 1. The van der Waals surface area contributed by atoms with Gasteiger partial charge in [-0.2, -0.15) is 5.10 Å². The van der Waals surface area contributed by atoms with Gasteiger partial charge in [-0.05, 0) is 36.4 Å². The lowest BCUT2D eigenvalue weighted by Crippen LogP contribution is -2.36. The molecule has 1 aliphatic heterocycles. The lowest BCUT2D eigenvalue weighted by atomic mass is 9.88. The molecule has 2 aliphatic rings. The van der Waals surface area contributed by atoms with Gasteiger partial charge in [-0.25, -0.2) is 9.67 Å². The number of H-pyrrole nitrogens is 1. The first kappa shape index (κ1) is 21.5. The van der Waals surface area contributed by atoms with Crippen molar-refractivity contribution in [3.8, 4) is 16.3 Å². The van der Waals surface area contributed by atoms with Gasteiger partial charge in [0.2, 0.25) is 0 Å². The third-order valence-electron chi connectivity index (χ3n) is 7.12. The van der Waals surface area contributed by atoms with Gasteiger partial charge in [0.15, 0.2) is 0 Å². The molecule has 0 amide bonds. The van der Waals surface area contributed by atoms with Crippen LogP contribution in [0.25, 0.3) is 16.3 Å². The monoisotopic (exact) mass is 471 g/mol. The molecule has 0 bridgehead atoms. The van der Waals surface area contributed by atoms with Crippen LogP contribution in [0.3, 0.4) is 0 Å². The summed E-state index contributed by atoms with van der Waals surface area (Å²) < 4.78 is 1.97. The summed E-state index contributed by atoms with van der Waals surface area (Å²) in [5, 5.41) is 7.02. The molecule has 6 rings (SSSR count). The molecular weight excluding hydrogens is 442 g/mol. The van der Waals surface area contributed by atoms with E-state index in [2.05, 4.69) is 45.7 Å². The highest BCUT2D eigenvalue weighted by molar-refractivity contribution is 7.13. The second-order valence-corrected chi connectivity index (χ2v) is 10.4. The first-order valence-electron chi connectivity index (χ1n) is 12.3. The third-order valence-corrected chi connectivity index (χ3v) is 7.99. The van der Waals surface area contributed by atoms with E-state index < -0.39 is 0 Å². The Morgan fingerprint density at radius 3 is 2.71 bits per heavy atom. The Hall–Kier alpha value is -3.03. The summed E-state index contributed by atoms with van der Waals surface area (Å²) in [6, 6.07) is 14.4. The van der Waals surface area contributed by atoms with Crippen molar-refractivity contribution in [1.82, 2.24) is 24.6 Å². The van der Waals surface area contributed by atoms with Crippen LogP contribution in [0.2, 0.25) is 0 Å². The molecule has 1 fully saturated rings. The number of aromatic nitrogens is 4. The molecule has 174 valence electrons. The van der Waals surface area contributed by atoms with Crippen molar-refractivity contribution in [3.63, 3.8) is 0 Å². The standard InChI is InChI=1S/C27H29N5OS/c33-27-22-18-31(14-13-23(22)28-26(29-27)19-8-3-1-4-9-19)16-20-17-32(21-10-5-2-6-11-21)30-25(20)24-12-7-15-34-24/h2,5-7,10-12,15,17,19H,1,3-4,8-9,13-14,16,18H2,(H,28,29,33). The van der Waals surface area contributed by atoms with Crippen LogP contribution in [0.5, 0.6) is 0 Å². The molecule has 1 N–H and O–H groups in total. The SMILES string of the molecule is O=c1[nH]c(C2CCCCC2)nc2c1CN(Cc1cn(-c3ccccc3)nc1-c1cccs1)CC2. The van der Waals surface area contributed by atoms with E-state index in [1.54, 1.807) is 11.3 Å². The Morgan fingerprint density at radius 1 is 1.06 bits per heavy atom. The predicted molar refractivity (Wildman–Crippen MR) is 135 cm³/mol. The lowest BCUT2D eigenvalue weighted by Gasteiger charge is -2.28. The summed E-state index contributed by atoms with van der Waals surface area (Å²) in [5.74, 6) is 1.34. The molecule has 1 aliphatic carbocycles. The maximum atomic E-state index is 13.0. The van der Waals surface area contributed by atoms with Crippen LogP contribution < -0.4 is 5.56 Å². The number of rotatable bonds is 5. The molecule has 7 heteroatoms. The molecule has 1 aromatic carbocycles. The Balaban J connectivity index is 1.26. The van der Waals surface area contributed by atoms with Crippen molar-refractivity contribution in [3.05, 3.63) is 87.0 Å². The molecule has 0 unspecified atom stereocenters. The van der Waals surface area contributed by atoms with E-state index in [0.29, 0.717) is 12.5 Å². The number of hydrogen-bond acceptors (Lipinski definition) is 5. The quantitative estimate of drug-likeness (QED) is 0.429. The average molecular weight is 472 g/mol. The molecule has 0 spiro atoms. The third kappa shape index (κ3) is 4.26. The van der Waals surface area contributed by atoms with Crippen molar-refractivity contribution < 1.29 is 0 Å². The number of thiophene rings is 1. The molecule has 4 aromatic rings. The number of aromatic amines is 1. The van der Waals surface area contributed by atoms with E-state index in [1.807, 2.05) is 22.9 Å². The molecule has 6 nitrogen and oxygen atoms in total. The minimum absolute atomic E-state index is 0.0498. The first-order chi connectivity index (χ1) is 16.7. The van der Waals surface area contributed by atoms with Gasteiger partial charge < -0.3 is 4.98 Å². The van der Waals surface area contributed by atoms with Gasteiger partial charge in [0.25, 0.3) is 5.56 Å². The molecule has 0 saturated heterocycles. The number of nitrogens with one attached hydrogen (secondary N) is 1. The summed E-state index contributed by atoms with van der Waals surface area (Å²) in [5.41, 5.74) is 5.13. The van der Waals surface area contributed by atoms with Crippen molar-refractivity contribution in [1.29, 1.82) is 0 Å². The van der Waals surface area contributed by atoms with E-state index in [-0.39, 0.29) is 5.56 Å². The van der Waals surface area contributed by atoms with Crippen molar-refractivity contribution in [2.75, 3.05) is 6.54 Å². The van der Waals surface area contributed by atoms with E-state index in [4.69, 9.17) is 10.1 Å². The highest BCUT2D eigenvalue weighted by Crippen LogP contribution is 2.32. The number of fused-ring (bicyclic) bond motifs is 1. The molecule has 0 atom stereocenters. The maximum Gasteiger partial charge on any atom is 0.255 e. The highest BCUT2D eigenvalue weighted by atomic mass is 32.1. The number of nitrogens with zero attached hydrogens (tertiary/aromatic N) is 4. The van der Waals surface area contributed by atoms with E-state index in [1.165, 1.54) is 29.7 Å². The van der Waals surface area contributed by atoms with Gasteiger partial charge in [-0.15, -0.1) is 11.3 Å². The summed E-state index contributed by atoms with van der Waals surface area (Å²) >= 11 is 1.71. The fourth-order valence-electron chi connectivity index (χ4n) is 5.30. The normalized spacial score (nSPS) is 17.1. The smallest absolute Gasteiger partial charge is 0.255 e. The zero-order chi connectivity index (χ0) is 22.9. The zero-order valence-corrected chi connectivity index (χ0v) is 20.1. The Morgan fingerprint density at radius 2 is 1.91 bits per heavy atom. The first-order valence-corrected chi connectivity index (χ1v) is 13.1. The van der Waals surface area contributed by atoms with Crippen molar-refractivity contribution in [2.24, 2.45) is 0 Å². The molecule has 1 saturated carbocycles. The van der Waals surface area contributed by atoms with Gasteiger partial charge >= 0.3 is 0 Å². The molecule has 3 aromatic heterocycles. The maximum absolute atomic E-state index is 13.0. The topological polar surface area (TPSA) is 66.8 Å². The summed E-state index contributed by atoms with van der Waals surface area (Å²) in [4.78, 5) is 24.6. The molecular formula is C27H29N5OS. The Labute approximate surface area is 203 Å². The molecule has 4 heterocycles. The molecule has 0 radical (unpaired) electrons. The zero-order valence-electron chi connectivity index (χ0n) is 19.2. The van der Waals surface area contributed by atoms with Crippen LogP contribution in [0.15, 0.2) is 58.8 Å². The summed E-state index contributed by atoms with van der Waals surface area (Å²) in [6.07, 6.45) is 9.02. The van der Waals surface area contributed by atoms with Crippen LogP contribution in [-0.2, 0) is 19.5 Å². The minimum atomic E-state index is 0.0498. The van der Waals surface area contributed by atoms with Crippen LogP contribution in [0.1, 0.15) is 60.7 Å². The Kier molecular flexibility index (Phi) is 5.89. The van der Waals surface area contributed by atoms with E-state index in [9.17, 15) is 4.79 Å². The van der Waals surface area contributed by atoms with E-state index >= 15 is 0 Å². The van der Waals surface area contributed by atoms with Gasteiger partial charge in [0.1, 0.15) is 11.5 Å². The average Bonchev–Trinajstić information content (AvgIpc) is 3.56. The lowest BCUT2D eigenvalue weighted by molar-refractivity contribution is 0.241. The highest BCUT2D eigenvalue weighted by Gasteiger charge is 2.26. The van der Waals surface area contributed by atoms with Gasteiger partial charge in [0, 0.05) is 43.7 Å². The fraction of sp³-hybridized carbons (Fsp3) is 0.370. The van der Waals surface area contributed by atoms with Crippen LogP contribution in [0, 0.1) is 0 Å². The molecule has 34 heavy (non-hydrogen) atoms. The number of para-hydroxylation sites is 1. The van der Waals surface area contributed by atoms with Gasteiger partial charge in [-0.1, -0.05) is 43.5 Å². The summed E-state index contributed by atoms with van der Waals surface area (Å²) in [7, 11) is 0. The van der Waals surface area contributed by atoms with Gasteiger partial charge in [-0.3, -0.25) is 9.69 Å². The van der Waals surface area contributed by atoms with Crippen LogP contribution in [0.4, 0.5) is 0 Å². The number of hydrogen-bond donors (Lipinski definition) is 1. The second kappa shape index (κ2) is 9.31.